The van der Waals surface area contributed by atoms with Gasteiger partial charge in [0.05, 0.1) is 0 Å². The molecular formula is C18H28N2O. The molecule has 2 rings (SSSR count). The van der Waals surface area contributed by atoms with Crippen molar-refractivity contribution < 1.29 is 4.79 Å². The van der Waals surface area contributed by atoms with Gasteiger partial charge in [0.25, 0.3) is 0 Å². The Kier molecular flexibility index (Phi) is 6.24. The summed E-state index contributed by atoms with van der Waals surface area (Å²) in [5.41, 5.74) is 2.10. The van der Waals surface area contributed by atoms with E-state index >= 15 is 0 Å². The Morgan fingerprint density at radius 1 is 1.10 bits per heavy atom. The predicted octanol–water partition coefficient (Wildman–Crippen LogP) is 4.27. The maximum atomic E-state index is 12.6. The number of para-hydroxylation sites is 1. The lowest BCUT2D eigenvalue weighted by atomic mass is 9.90. The van der Waals surface area contributed by atoms with Gasteiger partial charge in [0, 0.05) is 17.6 Å². The van der Waals surface area contributed by atoms with Crippen molar-refractivity contribution in [2.75, 3.05) is 12.4 Å². The number of rotatable bonds is 4. The van der Waals surface area contributed by atoms with Crippen LogP contribution >= 0.6 is 0 Å². The molecule has 1 saturated carbocycles. The highest BCUT2D eigenvalue weighted by atomic mass is 16.1. The van der Waals surface area contributed by atoms with Crippen LogP contribution in [0.1, 0.15) is 63.5 Å². The summed E-state index contributed by atoms with van der Waals surface area (Å²) < 4.78 is 0. The number of carbonyl (C=O) groups excluding carboxylic acids is 1. The fraction of sp³-hybridized carbons (Fsp3) is 0.611. The van der Waals surface area contributed by atoms with E-state index in [9.17, 15) is 4.79 Å². The second-order valence-electron chi connectivity index (χ2n) is 6.13. The average molecular weight is 288 g/mol. The lowest BCUT2D eigenvalue weighted by Gasteiger charge is -2.21. The summed E-state index contributed by atoms with van der Waals surface area (Å²) in [6.45, 7) is 2.11. The van der Waals surface area contributed by atoms with Crippen LogP contribution < -0.4 is 10.6 Å². The van der Waals surface area contributed by atoms with Crippen molar-refractivity contribution in [3.05, 3.63) is 29.8 Å². The first-order valence-corrected chi connectivity index (χ1v) is 8.29. The van der Waals surface area contributed by atoms with Gasteiger partial charge in [-0.3, -0.25) is 4.79 Å². The van der Waals surface area contributed by atoms with Crippen LogP contribution in [0.25, 0.3) is 0 Å². The molecule has 1 aliphatic rings. The van der Waals surface area contributed by atoms with Gasteiger partial charge in [0.2, 0.25) is 5.91 Å². The van der Waals surface area contributed by atoms with E-state index in [-0.39, 0.29) is 17.9 Å². The van der Waals surface area contributed by atoms with Gasteiger partial charge in [-0.05, 0) is 38.4 Å². The maximum Gasteiger partial charge on any atom is 0.227 e. The molecule has 0 saturated heterocycles. The summed E-state index contributed by atoms with van der Waals surface area (Å²) in [5.74, 6) is 0.385. The molecule has 0 heterocycles. The van der Waals surface area contributed by atoms with Gasteiger partial charge in [0.1, 0.15) is 0 Å². The van der Waals surface area contributed by atoms with Crippen molar-refractivity contribution in [3.63, 3.8) is 0 Å². The fourth-order valence-corrected chi connectivity index (χ4v) is 3.10. The first-order valence-electron chi connectivity index (χ1n) is 8.29. The zero-order chi connectivity index (χ0) is 15.1. The van der Waals surface area contributed by atoms with Crippen LogP contribution in [0.4, 0.5) is 5.69 Å². The van der Waals surface area contributed by atoms with E-state index in [2.05, 4.69) is 23.6 Å². The van der Waals surface area contributed by atoms with Crippen molar-refractivity contribution in [2.45, 2.75) is 57.9 Å². The Bertz CT molecular complexity index is 450. The third-order valence-corrected chi connectivity index (χ3v) is 4.59. The number of amides is 1. The monoisotopic (exact) mass is 288 g/mol. The standard InChI is InChI=1S/C18H28N2O/c1-14(19-2)16-12-8-9-13-17(16)20-18(21)15-10-6-4-3-5-7-11-15/h8-9,12-15,19H,3-7,10-11H2,1-2H3,(H,20,21). The molecule has 0 radical (unpaired) electrons. The first-order chi connectivity index (χ1) is 10.2. The molecule has 1 atom stereocenters. The number of benzene rings is 1. The minimum absolute atomic E-state index is 0.184. The third kappa shape index (κ3) is 4.57. The lowest BCUT2D eigenvalue weighted by Crippen LogP contribution is -2.25. The van der Waals surface area contributed by atoms with E-state index in [4.69, 9.17) is 0 Å². The lowest BCUT2D eigenvalue weighted by molar-refractivity contribution is -0.120. The Labute approximate surface area is 128 Å². The smallest absolute Gasteiger partial charge is 0.227 e. The summed E-state index contributed by atoms with van der Waals surface area (Å²) in [6, 6.07) is 8.33. The molecule has 3 nitrogen and oxygen atoms in total. The number of hydrogen-bond acceptors (Lipinski definition) is 2. The molecule has 1 amide bonds. The normalized spacial score (nSPS) is 18.6. The van der Waals surface area contributed by atoms with Crippen LogP contribution in [-0.2, 0) is 4.79 Å². The Morgan fingerprint density at radius 3 is 2.38 bits per heavy atom. The van der Waals surface area contributed by atoms with Crippen molar-refractivity contribution in [2.24, 2.45) is 5.92 Å². The van der Waals surface area contributed by atoms with E-state index < -0.39 is 0 Å². The summed E-state index contributed by atoms with van der Waals surface area (Å²) >= 11 is 0. The molecule has 0 bridgehead atoms. The number of hydrogen-bond donors (Lipinski definition) is 2. The molecule has 0 aromatic heterocycles. The van der Waals surface area contributed by atoms with Gasteiger partial charge in [-0.15, -0.1) is 0 Å². The molecule has 21 heavy (non-hydrogen) atoms. The highest BCUT2D eigenvalue weighted by Gasteiger charge is 2.20. The molecule has 1 fully saturated rings. The summed E-state index contributed by atoms with van der Waals surface area (Å²) in [5, 5.41) is 6.41. The second-order valence-corrected chi connectivity index (χ2v) is 6.13. The minimum Gasteiger partial charge on any atom is -0.326 e. The highest BCUT2D eigenvalue weighted by Crippen LogP contribution is 2.26. The third-order valence-electron chi connectivity index (χ3n) is 4.59. The van der Waals surface area contributed by atoms with Gasteiger partial charge < -0.3 is 10.6 Å². The van der Waals surface area contributed by atoms with Crippen LogP contribution in [0.2, 0.25) is 0 Å². The predicted molar refractivity (Wildman–Crippen MR) is 88.4 cm³/mol. The molecular weight excluding hydrogens is 260 g/mol. The Morgan fingerprint density at radius 2 is 1.71 bits per heavy atom. The second kappa shape index (κ2) is 8.18. The molecule has 0 spiro atoms. The van der Waals surface area contributed by atoms with Crippen molar-refractivity contribution >= 4 is 11.6 Å². The molecule has 2 N–H and O–H groups in total. The quantitative estimate of drug-likeness (QED) is 0.869. The number of anilines is 1. The number of nitrogens with one attached hydrogen (secondary N) is 2. The van der Waals surface area contributed by atoms with E-state index in [0.717, 1.165) is 24.1 Å². The van der Waals surface area contributed by atoms with Crippen molar-refractivity contribution in [1.29, 1.82) is 0 Å². The topological polar surface area (TPSA) is 41.1 Å². The van der Waals surface area contributed by atoms with Crippen LogP contribution in [-0.4, -0.2) is 13.0 Å². The number of carbonyl (C=O) groups is 1. The zero-order valence-corrected chi connectivity index (χ0v) is 13.3. The Balaban J connectivity index is 2.04. The zero-order valence-electron chi connectivity index (χ0n) is 13.3. The van der Waals surface area contributed by atoms with E-state index in [1.807, 2.05) is 25.2 Å². The molecule has 1 unspecified atom stereocenters. The fourth-order valence-electron chi connectivity index (χ4n) is 3.10. The maximum absolute atomic E-state index is 12.6. The largest absolute Gasteiger partial charge is 0.326 e. The average Bonchev–Trinajstić information content (AvgIpc) is 2.46. The van der Waals surface area contributed by atoms with Crippen molar-refractivity contribution in [3.8, 4) is 0 Å². The SMILES string of the molecule is CNC(C)c1ccccc1NC(=O)C1CCCCCCC1. The van der Waals surface area contributed by atoms with Gasteiger partial charge in [0.15, 0.2) is 0 Å². The molecule has 3 heteroatoms. The van der Waals surface area contributed by atoms with E-state index in [0.29, 0.717) is 0 Å². The molecule has 1 aliphatic carbocycles. The molecule has 116 valence electrons. The Hall–Kier alpha value is -1.35. The first kappa shape index (κ1) is 16.0. The summed E-state index contributed by atoms with van der Waals surface area (Å²) in [7, 11) is 1.94. The summed E-state index contributed by atoms with van der Waals surface area (Å²) in [6.07, 6.45) is 8.33. The van der Waals surface area contributed by atoms with Gasteiger partial charge in [-0.2, -0.15) is 0 Å². The van der Waals surface area contributed by atoms with Crippen LogP contribution in [0.5, 0.6) is 0 Å². The molecule has 1 aromatic carbocycles. The minimum atomic E-state index is 0.184. The van der Waals surface area contributed by atoms with E-state index in [1.165, 1.54) is 32.1 Å². The summed E-state index contributed by atoms with van der Waals surface area (Å²) in [4.78, 5) is 12.6. The van der Waals surface area contributed by atoms with E-state index in [1.54, 1.807) is 0 Å². The van der Waals surface area contributed by atoms with Crippen LogP contribution in [0, 0.1) is 5.92 Å². The van der Waals surface area contributed by atoms with Gasteiger partial charge in [-0.1, -0.05) is 50.3 Å². The molecule has 1 aromatic rings. The molecule has 0 aliphatic heterocycles. The van der Waals surface area contributed by atoms with Gasteiger partial charge in [-0.25, -0.2) is 0 Å². The van der Waals surface area contributed by atoms with Gasteiger partial charge >= 0.3 is 0 Å². The van der Waals surface area contributed by atoms with Crippen LogP contribution in [0.3, 0.4) is 0 Å². The van der Waals surface area contributed by atoms with Crippen molar-refractivity contribution in [1.82, 2.24) is 5.32 Å². The van der Waals surface area contributed by atoms with Crippen LogP contribution in [0.15, 0.2) is 24.3 Å². The highest BCUT2D eigenvalue weighted by molar-refractivity contribution is 5.93.